The number of hydrogen-bond donors (Lipinski definition) is 1. The molecule has 1 aromatic carbocycles. The largest absolute Gasteiger partial charge is 0.385 e. The van der Waals surface area contributed by atoms with Crippen LogP contribution in [0.25, 0.3) is 0 Å². The van der Waals surface area contributed by atoms with Crippen LogP contribution in [0.15, 0.2) is 24.3 Å². The summed E-state index contributed by atoms with van der Waals surface area (Å²) in [5, 5.41) is 3.64. The van der Waals surface area contributed by atoms with E-state index in [1.54, 1.807) is 0 Å². The van der Waals surface area contributed by atoms with Gasteiger partial charge in [-0.1, -0.05) is 39.0 Å². The lowest BCUT2D eigenvalue weighted by Gasteiger charge is -2.37. The maximum absolute atomic E-state index is 3.64. The van der Waals surface area contributed by atoms with Crippen molar-refractivity contribution in [2.24, 2.45) is 17.3 Å². The molecule has 0 atom stereocenters. The van der Waals surface area contributed by atoms with E-state index in [0.29, 0.717) is 5.41 Å². The molecule has 19 heavy (non-hydrogen) atoms. The molecule has 0 bridgehead atoms. The van der Waals surface area contributed by atoms with Crippen LogP contribution in [0.2, 0.25) is 0 Å². The Balaban J connectivity index is 1.79. The van der Waals surface area contributed by atoms with E-state index in [9.17, 15) is 0 Å². The van der Waals surface area contributed by atoms with E-state index in [-0.39, 0.29) is 0 Å². The van der Waals surface area contributed by atoms with Gasteiger partial charge >= 0.3 is 0 Å². The lowest BCUT2D eigenvalue weighted by atomic mass is 9.70. The van der Waals surface area contributed by atoms with Gasteiger partial charge in [0.1, 0.15) is 0 Å². The highest BCUT2D eigenvalue weighted by molar-refractivity contribution is 5.50. The van der Waals surface area contributed by atoms with E-state index in [2.05, 4.69) is 57.3 Å². The molecule has 0 saturated heterocycles. The first-order chi connectivity index (χ1) is 8.97. The number of aryl methyl sites for hydroxylation is 1. The van der Waals surface area contributed by atoms with Crippen molar-refractivity contribution in [2.45, 2.75) is 53.4 Å². The fraction of sp³-hybridized carbons (Fsp3) is 0.667. The Morgan fingerprint density at radius 1 is 1.05 bits per heavy atom. The number of para-hydroxylation sites is 1. The summed E-state index contributed by atoms with van der Waals surface area (Å²) in [4.78, 5) is 0. The standard InChI is InChI=1S/C18H29N/c1-14-7-5-6-8-17(14)19-13-15-9-11-16(12-10-15)18(2,3)4/h5-8,15-16,19H,9-13H2,1-4H3. The molecule has 106 valence electrons. The molecule has 0 unspecified atom stereocenters. The van der Waals surface area contributed by atoms with Crippen molar-refractivity contribution in [2.75, 3.05) is 11.9 Å². The SMILES string of the molecule is Cc1ccccc1NCC1CCC(C(C)(C)C)CC1. The van der Waals surface area contributed by atoms with Gasteiger partial charge in [0.25, 0.3) is 0 Å². The van der Waals surface area contributed by atoms with Gasteiger partial charge in [-0.2, -0.15) is 0 Å². The number of anilines is 1. The van der Waals surface area contributed by atoms with Gasteiger partial charge in [-0.3, -0.25) is 0 Å². The lowest BCUT2D eigenvalue weighted by Crippen LogP contribution is -2.28. The third-order valence-corrected chi connectivity index (χ3v) is 4.80. The molecule has 0 amide bonds. The van der Waals surface area contributed by atoms with Crippen LogP contribution in [0.1, 0.15) is 52.0 Å². The molecule has 1 aliphatic rings. The van der Waals surface area contributed by atoms with E-state index < -0.39 is 0 Å². The predicted octanol–water partition coefficient (Wildman–Crippen LogP) is 5.26. The highest BCUT2D eigenvalue weighted by atomic mass is 14.9. The number of rotatable bonds is 3. The molecule has 1 aromatic rings. The molecule has 0 radical (unpaired) electrons. The lowest BCUT2D eigenvalue weighted by molar-refractivity contribution is 0.153. The highest BCUT2D eigenvalue weighted by Gasteiger charge is 2.29. The average Bonchev–Trinajstić information content (AvgIpc) is 2.37. The fourth-order valence-corrected chi connectivity index (χ4v) is 3.26. The van der Waals surface area contributed by atoms with Crippen molar-refractivity contribution >= 4 is 5.69 Å². The summed E-state index contributed by atoms with van der Waals surface area (Å²) < 4.78 is 0. The van der Waals surface area contributed by atoms with Gasteiger partial charge in [0.15, 0.2) is 0 Å². The molecular weight excluding hydrogens is 230 g/mol. The van der Waals surface area contributed by atoms with E-state index in [4.69, 9.17) is 0 Å². The fourth-order valence-electron chi connectivity index (χ4n) is 3.26. The summed E-state index contributed by atoms with van der Waals surface area (Å²) in [6.07, 6.45) is 5.59. The van der Waals surface area contributed by atoms with Crippen LogP contribution in [-0.2, 0) is 0 Å². The second-order valence-electron chi connectivity index (χ2n) is 7.28. The molecule has 1 heteroatoms. The second-order valence-corrected chi connectivity index (χ2v) is 7.28. The van der Waals surface area contributed by atoms with E-state index >= 15 is 0 Å². The minimum Gasteiger partial charge on any atom is -0.385 e. The first-order valence-electron chi connectivity index (χ1n) is 7.76. The summed E-state index contributed by atoms with van der Waals surface area (Å²) in [6.45, 7) is 10.5. The molecular formula is C18H29N. The van der Waals surface area contributed by atoms with E-state index in [1.165, 1.54) is 36.9 Å². The monoisotopic (exact) mass is 259 g/mol. The van der Waals surface area contributed by atoms with Crippen LogP contribution < -0.4 is 5.32 Å². The molecule has 1 aliphatic carbocycles. The third kappa shape index (κ3) is 3.99. The van der Waals surface area contributed by atoms with Crippen molar-refractivity contribution in [1.29, 1.82) is 0 Å². The Morgan fingerprint density at radius 3 is 2.26 bits per heavy atom. The minimum atomic E-state index is 0.494. The van der Waals surface area contributed by atoms with Crippen LogP contribution in [0, 0.1) is 24.2 Å². The summed E-state index contributed by atoms with van der Waals surface area (Å²) in [7, 11) is 0. The first kappa shape index (κ1) is 14.4. The smallest absolute Gasteiger partial charge is 0.0369 e. The van der Waals surface area contributed by atoms with E-state index in [0.717, 1.165) is 18.4 Å². The van der Waals surface area contributed by atoms with Gasteiger partial charge in [0.2, 0.25) is 0 Å². The average molecular weight is 259 g/mol. The van der Waals surface area contributed by atoms with Gasteiger partial charge in [-0.05, 0) is 61.5 Å². The summed E-state index contributed by atoms with van der Waals surface area (Å²) in [5.74, 6) is 1.78. The molecule has 1 saturated carbocycles. The van der Waals surface area contributed by atoms with Gasteiger partial charge in [0, 0.05) is 12.2 Å². The summed E-state index contributed by atoms with van der Waals surface area (Å²) >= 11 is 0. The van der Waals surface area contributed by atoms with Crippen molar-refractivity contribution in [3.63, 3.8) is 0 Å². The first-order valence-corrected chi connectivity index (χ1v) is 7.76. The maximum Gasteiger partial charge on any atom is 0.0369 e. The zero-order valence-electron chi connectivity index (χ0n) is 13.0. The van der Waals surface area contributed by atoms with E-state index in [1.807, 2.05) is 0 Å². The van der Waals surface area contributed by atoms with Gasteiger partial charge in [-0.15, -0.1) is 0 Å². The summed E-state index contributed by atoms with van der Waals surface area (Å²) in [6, 6.07) is 8.59. The topological polar surface area (TPSA) is 12.0 Å². The Labute approximate surface area is 118 Å². The van der Waals surface area contributed by atoms with Gasteiger partial charge in [-0.25, -0.2) is 0 Å². The Bertz CT molecular complexity index is 394. The number of benzene rings is 1. The minimum absolute atomic E-state index is 0.494. The zero-order chi connectivity index (χ0) is 13.9. The van der Waals surface area contributed by atoms with Crippen LogP contribution in [-0.4, -0.2) is 6.54 Å². The van der Waals surface area contributed by atoms with Crippen molar-refractivity contribution in [3.8, 4) is 0 Å². The van der Waals surface area contributed by atoms with Gasteiger partial charge < -0.3 is 5.32 Å². The normalized spacial score (nSPS) is 24.2. The molecule has 0 aliphatic heterocycles. The molecule has 1 fully saturated rings. The molecule has 2 rings (SSSR count). The van der Waals surface area contributed by atoms with Crippen molar-refractivity contribution in [3.05, 3.63) is 29.8 Å². The molecule has 0 aromatic heterocycles. The maximum atomic E-state index is 3.64. The Morgan fingerprint density at radius 2 is 1.68 bits per heavy atom. The van der Waals surface area contributed by atoms with Gasteiger partial charge in [0.05, 0.1) is 0 Å². The third-order valence-electron chi connectivity index (χ3n) is 4.80. The summed E-state index contributed by atoms with van der Waals surface area (Å²) in [5.41, 5.74) is 3.15. The van der Waals surface area contributed by atoms with Crippen LogP contribution in [0.4, 0.5) is 5.69 Å². The predicted molar refractivity (Wildman–Crippen MR) is 84.6 cm³/mol. The Hall–Kier alpha value is -0.980. The second kappa shape index (κ2) is 5.98. The quantitative estimate of drug-likeness (QED) is 0.780. The molecule has 1 N–H and O–H groups in total. The Kier molecular flexibility index (Phi) is 4.54. The van der Waals surface area contributed by atoms with Crippen molar-refractivity contribution in [1.82, 2.24) is 0 Å². The number of hydrogen-bond acceptors (Lipinski definition) is 1. The molecule has 1 nitrogen and oxygen atoms in total. The van der Waals surface area contributed by atoms with Crippen LogP contribution in [0.5, 0.6) is 0 Å². The molecule has 0 heterocycles. The van der Waals surface area contributed by atoms with Crippen LogP contribution >= 0.6 is 0 Å². The van der Waals surface area contributed by atoms with Crippen LogP contribution in [0.3, 0.4) is 0 Å². The zero-order valence-corrected chi connectivity index (χ0v) is 13.0. The highest BCUT2D eigenvalue weighted by Crippen LogP contribution is 2.39. The molecule has 0 spiro atoms. The number of nitrogens with one attached hydrogen (secondary N) is 1. The van der Waals surface area contributed by atoms with Crippen molar-refractivity contribution < 1.29 is 0 Å².